The molecule has 146 valence electrons. The monoisotopic (exact) mass is 391 g/mol. The van der Waals surface area contributed by atoms with E-state index < -0.39 is 32.8 Å². The number of hydrogen-bond donors (Lipinski definition) is 0. The Morgan fingerprint density at radius 2 is 2.00 bits per heavy atom. The highest BCUT2D eigenvalue weighted by atomic mass is 32.2. The van der Waals surface area contributed by atoms with Crippen LogP contribution in [0.4, 0.5) is 0 Å². The molecule has 7 heteroatoms. The second-order valence-corrected chi connectivity index (χ2v) is 9.58. The van der Waals surface area contributed by atoms with Crippen LogP contribution in [0, 0.1) is 11.8 Å². The highest BCUT2D eigenvalue weighted by molar-refractivity contribution is 7.92. The molecule has 1 aromatic carbocycles. The molecule has 1 aromatic rings. The average Bonchev–Trinajstić information content (AvgIpc) is 3.09. The van der Waals surface area contributed by atoms with Crippen LogP contribution in [0.3, 0.4) is 0 Å². The molecule has 0 aromatic heterocycles. The van der Waals surface area contributed by atoms with Crippen LogP contribution in [-0.4, -0.2) is 43.3 Å². The van der Waals surface area contributed by atoms with Gasteiger partial charge in [0.1, 0.15) is 6.10 Å². The third-order valence-electron chi connectivity index (χ3n) is 4.56. The van der Waals surface area contributed by atoms with Gasteiger partial charge in [-0.2, -0.15) is 0 Å². The van der Waals surface area contributed by atoms with E-state index in [9.17, 15) is 13.2 Å². The van der Waals surface area contributed by atoms with Crippen molar-refractivity contribution < 1.29 is 22.8 Å². The Hall–Kier alpha value is -2.33. The molecule has 1 heterocycles. The Labute approximate surface area is 160 Å². The van der Waals surface area contributed by atoms with Crippen molar-refractivity contribution in [2.75, 3.05) is 6.26 Å². The van der Waals surface area contributed by atoms with Gasteiger partial charge >= 0.3 is 5.97 Å². The van der Waals surface area contributed by atoms with E-state index >= 15 is 0 Å². The minimum Gasteiger partial charge on any atom is -0.457 e. The molecule has 1 aliphatic rings. The maximum atomic E-state index is 12.2. The normalized spacial score (nSPS) is 18.0. The summed E-state index contributed by atoms with van der Waals surface area (Å²) in [7, 11) is -3.59. The van der Waals surface area contributed by atoms with Crippen LogP contribution in [0.15, 0.2) is 29.4 Å². The Morgan fingerprint density at radius 3 is 2.56 bits per heavy atom. The summed E-state index contributed by atoms with van der Waals surface area (Å²) in [6.45, 7) is 6.33. The van der Waals surface area contributed by atoms with Gasteiger partial charge in [0, 0.05) is 24.7 Å². The van der Waals surface area contributed by atoms with E-state index in [-0.39, 0.29) is 0 Å². The lowest BCUT2D eigenvalue weighted by Crippen LogP contribution is -2.44. The third-order valence-corrected chi connectivity index (χ3v) is 6.58. The molecule has 0 saturated carbocycles. The third kappa shape index (κ3) is 4.89. The summed E-state index contributed by atoms with van der Waals surface area (Å²) in [5.41, 5.74) is 2.59. The quantitative estimate of drug-likeness (QED) is 0.569. The highest BCUT2D eigenvalue weighted by Crippen LogP contribution is 2.24. The van der Waals surface area contributed by atoms with E-state index in [4.69, 9.17) is 9.57 Å². The first-order chi connectivity index (χ1) is 12.6. The zero-order valence-corrected chi connectivity index (χ0v) is 17.1. The second kappa shape index (κ2) is 8.13. The fraction of sp³-hybridized carbons (Fsp3) is 0.500. The number of nitrogens with zero attached hydrogens (tertiary/aromatic N) is 1. The summed E-state index contributed by atoms with van der Waals surface area (Å²) < 4.78 is 27.3. The van der Waals surface area contributed by atoms with Crippen molar-refractivity contribution in [3.63, 3.8) is 0 Å². The van der Waals surface area contributed by atoms with Gasteiger partial charge in [0.25, 0.3) is 0 Å². The van der Waals surface area contributed by atoms with E-state index in [0.29, 0.717) is 6.42 Å². The molecule has 1 aliphatic heterocycles. The van der Waals surface area contributed by atoms with Crippen LogP contribution >= 0.6 is 0 Å². The van der Waals surface area contributed by atoms with Crippen LogP contribution in [0.1, 0.15) is 51.7 Å². The zero-order valence-electron chi connectivity index (χ0n) is 16.3. The molecule has 27 heavy (non-hydrogen) atoms. The molecule has 2 unspecified atom stereocenters. The Kier molecular flexibility index (Phi) is 6.32. The van der Waals surface area contributed by atoms with E-state index in [1.807, 2.05) is 31.2 Å². The predicted molar refractivity (Wildman–Crippen MR) is 104 cm³/mol. The van der Waals surface area contributed by atoms with Crippen molar-refractivity contribution in [2.24, 2.45) is 5.16 Å². The number of ether oxygens (including phenoxy) is 1. The van der Waals surface area contributed by atoms with Crippen molar-refractivity contribution in [3.05, 3.63) is 35.4 Å². The summed E-state index contributed by atoms with van der Waals surface area (Å²) in [6.07, 6.45) is 1.19. The standard InChI is InChI=1S/C20H25NO5S/c1-6-7-8-15-9-11-16(12-10-15)17-13-18(26-21-17)14(2)25-19(22)20(3,4)27(5,23)24/h9-12,14,18H,6,13H2,1-5H3. The molecule has 0 spiro atoms. The van der Waals surface area contributed by atoms with E-state index in [0.717, 1.165) is 29.5 Å². The Bertz CT molecular complexity index is 889. The molecule has 6 nitrogen and oxygen atoms in total. The van der Waals surface area contributed by atoms with Gasteiger partial charge in [0.2, 0.25) is 0 Å². The number of rotatable bonds is 5. The molecule has 0 amide bonds. The average molecular weight is 391 g/mol. The molecule has 0 aliphatic carbocycles. The van der Waals surface area contributed by atoms with Crippen LogP contribution in [0.5, 0.6) is 0 Å². The number of carbonyl (C=O) groups is 1. The molecule has 0 fully saturated rings. The maximum absolute atomic E-state index is 12.2. The van der Waals surface area contributed by atoms with Gasteiger partial charge in [-0.05, 0) is 38.5 Å². The van der Waals surface area contributed by atoms with Crippen LogP contribution in [0.2, 0.25) is 0 Å². The number of hydrogen-bond acceptors (Lipinski definition) is 6. The number of oxime groups is 1. The first-order valence-corrected chi connectivity index (χ1v) is 10.7. The van der Waals surface area contributed by atoms with Gasteiger partial charge in [-0.1, -0.05) is 36.1 Å². The lowest BCUT2D eigenvalue weighted by atomic mass is 10.0. The first kappa shape index (κ1) is 21.0. The lowest BCUT2D eigenvalue weighted by Gasteiger charge is -2.25. The fourth-order valence-corrected chi connectivity index (χ4v) is 2.64. The van der Waals surface area contributed by atoms with Crippen molar-refractivity contribution in [3.8, 4) is 11.8 Å². The number of carbonyl (C=O) groups excluding carboxylic acids is 1. The first-order valence-electron chi connectivity index (χ1n) is 8.79. The SMILES string of the molecule is CCC#Cc1ccc(C2=NOC(C(C)OC(=O)C(C)(C)S(C)(=O)=O)C2)cc1. The van der Waals surface area contributed by atoms with E-state index in [1.165, 1.54) is 13.8 Å². The zero-order chi connectivity index (χ0) is 20.2. The summed E-state index contributed by atoms with van der Waals surface area (Å²) in [6, 6.07) is 7.69. The second-order valence-electron chi connectivity index (χ2n) is 7.01. The molecular weight excluding hydrogens is 366 g/mol. The topological polar surface area (TPSA) is 82.0 Å². The molecular formula is C20H25NO5S. The van der Waals surface area contributed by atoms with E-state index in [2.05, 4.69) is 17.0 Å². The van der Waals surface area contributed by atoms with Gasteiger partial charge in [0.05, 0.1) is 5.71 Å². The molecule has 0 radical (unpaired) electrons. The number of esters is 1. The van der Waals surface area contributed by atoms with Crippen LogP contribution in [-0.2, 0) is 24.2 Å². The summed E-state index contributed by atoms with van der Waals surface area (Å²) in [4.78, 5) is 17.7. The lowest BCUT2D eigenvalue weighted by molar-refractivity contribution is -0.157. The molecule has 0 bridgehead atoms. The van der Waals surface area contributed by atoms with Gasteiger partial charge in [-0.3, -0.25) is 4.79 Å². The van der Waals surface area contributed by atoms with Crippen LogP contribution < -0.4 is 0 Å². The summed E-state index contributed by atoms with van der Waals surface area (Å²) in [5, 5.41) is 4.09. The van der Waals surface area contributed by atoms with Crippen molar-refractivity contribution in [1.29, 1.82) is 0 Å². The smallest absolute Gasteiger partial charge is 0.327 e. The number of benzene rings is 1. The Morgan fingerprint density at radius 1 is 1.37 bits per heavy atom. The summed E-state index contributed by atoms with van der Waals surface area (Å²) in [5.74, 6) is 5.28. The minimum absolute atomic E-state index is 0.459. The van der Waals surface area contributed by atoms with Gasteiger partial charge in [-0.25, -0.2) is 8.42 Å². The maximum Gasteiger partial charge on any atom is 0.327 e. The van der Waals surface area contributed by atoms with Gasteiger partial charge in [0.15, 0.2) is 20.7 Å². The van der Waals surface area contributed by atoms with Crippen molar-refractivity contribution in [2.45, 2.75) is 57.5 Å². The van der Waals surface area contributed by atoms with Gasteiger partial charge in [-0.15, -0.1) is 0 Å². The largest absolute Gasteiger partial charge is 0.457 e. The van der Waals surface area contributed by atoms with Gasteiger partial charge < -0.3 is 9.57 Å². The predicted octanol–water partition coefficient (Wildman–Crippen LogP) is 2.70. The number of sulfone groups is 1. The molecule has 0 saturated heterocycles. The molecule has 2 atom stereocenters. The van der Waals surface area contributed by atoms with Crippen molar-refractivity contribution in [1.82, 2.24) is 0 Å². The Balaban J connectivity index is 1.99. The highest BCUT2D eigenvalue weighted by Gasteiger charge is 2.42. The molecule has 2 rings (SSSR count). The van der Waals surface area contributed by atoms with Crippen molar-refractivity contribution >= 4 is 21.5 Å². The van der Waals surface area contributed by atoms with E-state index in [1.54, 1.807) is 6.92 Å². The molecule has 0 N–H and O–H groups in total. The fourth-order valence-electron chi connectivity index (χ4n) is 2.29. The van der Waals surface area contributed by atoms with Crippen LogP contribution in [0.25, 0.3) is 0 Å². The minimum atomic E-state index is -3.59. The summed E-state index contributed by atoms with van der Waals surface area (Å²) >= 11 is 0.